The minimum absolute atomic E-state index is 0.0604. The highest BCUT2D eigenvalue weighted by Crippen LogP contribution is 2.31. The van der Waals surface area contributed by atoms with Crippen LogP contribution in [0.5, 0.6) is 5.75 Å². The Morgan fingerprint density at radius 1 is 1.06 bits per heavy atom. The maximum Gasteiger partial charge on any atom is 0.307 e. The van der Waals surface area contributed by atoms with Crippen molar-refractivity contribution in [3.8, 4) is 5.75 Å². The molecule has 9 heteroatoms. The van der Waals surface area contributed by atoms with E-state index in [0.717, 1.165) is 18.8 Å². The fourth-order valence-corrected chi connectivity index (χ4v) is 4.64. The first-order chi connectivity index (χ1) is 15.4. The predicted octanol–water partition coefficient (Wildman–Crippen LogP) is 7.20. The van der Waals surface area contributed by atoms with E-state index >= 15 is 0 Å². The van der Waals surface area contributed by atoms with Crippen LogP contribution in [0.25, 0.3) is 11.0 Å². The summed E-state index contributed by atoms with van der Waals surface area (Å²) in [5.74, 6) is -0.214. The summed E-state index contributed by atoms with van der Waals surface area (Å²) in [6.45, 7) is 0.0604. The van der Waals surface area contributed by atoms with Gasteiger partial charge in [0, 0.05) is 25.5 Å². The summed E-state index contributed by atoms with van der Waals surface area (Å²) in [6.07, 6.45) is 1.45. The Hall–Kier alpha value is -2.49. The third-order valence-corrected chi connectivity index (χ3v) is 5.98. The second kappa shape index (κ2) is 9.97. The second-order valence-electron chi connectivity index (χ2n) is 6.68. The maximum absolute atomic E-state index is 13.9. The number of halogens is 4. The molecular weight excluding hydrogens is 611 g/mol. The zero-order chi connectivity index (χ0) is 22.7. The summed E-state index contributed by atoms with van der Waals surface area (Å²) in [5, 5.41) is 4.80. The molecule has 162 valence electrons. The van der Waals surface area contributed by atoms with Gasteiger partial charge in [-0.3, -0.25) is 4.79 Å². The number of carbonyl (C=O) groups is 1. The normalized spacial score (nSPS) is 11.2. The number of hydrazone groups is 1. The first-order valence-corrected chi connectivity index (χ1v) is 11.7. The average Bonchev–Trinajstić information content (AvgIpc) is 3.19. The topological polar surface area (TPSA) is 63.8 Å². The van der Waals surface area contributed by atoms with Gasteiger partial charge >= 0.3 is 5.91 Å². The summed E-state index contributed by atoms with van der Waals surface area (Å²) < 4.78 is 27.7. The van der Waals surface area contributed by atoms with Gasteiger partial charge in [-0.25, -0.2) is 9.82 Å². The van der Waals surface area contributed by atoms with E-state index in [1.165, 1.54) is 12.3 Å². The monoisotopic (exact) mass is 622 g/mol. The number of amides is 1. The molecule has 0 aliphatic rings. The first kappa shape index (κ1) is 22.7. The SMILES string of the molecule is O=C(N/N=C\c1cc(Br)ccc1OCc1ccccc1F)c1cc2cc(Br)cc(Br)c2o1. The highest BCUT2D eigenvalue weighted by molar-refractivity contribution is 9.11. The number of carbonyl (C=O) groups excluding carboxylic acids is 1. The first-order valence-electron chi connectivity index (χ1n) is 9.28. The number of hydrogen-bond donors (Lipinski definition) is 1. The van der Waals surface area contributed by atoms with Crippen molar-refractivity contribution in [1.82, 2.24) is 5.43 Å². The summed E-state index contributed by atoms with van der Waals surface area (Å²) in [7, 11) is 0. The van der Waals surface area contributed by atoms with Gasteiger partial charge in [0.05, 0.1) is 10.7 Å². The molecule has 1 amide bonds. The number of furan rings is 1. The Balaban J connectivity index is 1.48. The number of nitrogens with zero attached hydrogens (tertiary/aromatic N) is 1. The van der Waals surface area contributed by atoms with Gasteiger partial charge in [0.25, 0.3) is 0 Å². The van der Waals surface area contributed by atoms with Crippen LogP contribution in [0.15, 0.2) is 83.6 Å². The van der Waals surface area contributed by atoms with E-state index in [1.54, 1.807) is 42.5 Å². The van der Waals surface area contributed by atoms with E-state index in [9.17, 15) is 9.18 Å². The minimum atomic E-state index is -0.496. The van der Waals surface area contributed by atoms with Gasteiger partial charge in [-0.15, -0.1) is 0 Å². The van der Waals surface area contributed by atoms with Crippen LogP contribution in [0, 0.1) is 5.82 Å². The molecule has 0 fully saturated rings. The Bertz CT molecular complexity index is 1340. The second-order valence-corrected chi connectivity index (χ2v) is 9.36. The van der Waals surface area contributed by atoms with Crippen molar-refractivity contribution in [2.75, 3.05) is 0 Å². The van der Waals surface area contributed by atoms with Crippen LogP contribution in [0.2, 0.25) is 0 Å². The molecule has 0 atom stereocenters. The molecule has 1 aromatic heterocycles. The summed E-state index contributed by atoms with van der Waals surface area (Å²) in [4.78, 5) is 12.5. The highest BCUT2D eigenvalue weighted by Gasteiger charge is 2.14. The van der Waals surface area contributed by atoms with Crippen molar-refractivity contribution < 1.29 is 18.3 Å². The van der Waals surface area contributed by atoms with Crippen molar-refractivity contribution in [1.29, 1.82) is 0 Å². The summed E-state index contributed by atoms with van der Waals surface area (Å²) in [6, 6.07) is 17.1. The van der Waals surface area contributed by atoms with Gasteiger partial charge in [0.15, 0.2) is 5.76 Å². The van der Waals surface area contributed by atoms with Crippen molar-refractivity contribution >= 4 is 70.9 Å². The van der Waals surface area contributed by atoms with Gasteiger partial charge in [-0.1, -0.05) is 50.1 Å². The van der Waals surface area contributed by atoms with Gasteiger partial charge in [0.1, 0.15) is 23.8 Å². The minimum Gasteiger partial charge on any atom is -0.488 e. The highest BCUT2D eigenvalue weighted by atomic mass is 79.9. The van der Waals surface area contributed by atoms with E-state index in [1.807, 2.05) is 12.1 Å². The van der Waals surface area contributed by atoms with E-state index in [-0.39, 0.29) is 18.2 Å². The summed E-state index contributed by atoms with van der Waals surface area (Å²) >= 11 is 10.2. The molecule has 0 unspecified atom stereocenters. The number of ether oxygens (including phenoxy) is 1. The fourth-order valence-electron chi connectivity index (χ4n) is 2.93. The van der Waals surface area contributed by atoms with Crippen molar-refractivity contribution in [2.45, 2.75) is 6.61 Å². The van der Waals surface area contributed by atoms with Crippen molar-refractivity contribution in [2.24, 2.45) is 5.10 Å². The predicted molar refractivity (Wildman–Crippen MR) is 132 cm³/mol. The summed E-state index contributed by atoms with van der Waals surface area (Å²) in [5.41, 5.74) is 4.06. The van der Waals surface area contributed by atoms with Gasteiger partial charge in [-0.05, 0) is 58.4 Å². The zero-order valence-corrected chi connectivity index (χ0v) is 21.0. The number of nitrogens with one attached hydrogen (secondary N) is 1. The Morgan fingerprint density at radius 3 is 2.69 bits per heavy atom. The Labute approximate surface area is 208 Å². The lowest BCUT2D eigenvalue weighted by atomic mass is 10.2. The van der Waals surface area contributed by atoms with Crippen LogP contribution in [-0.4, -0.2) is 12.1 Å². The molecule has 1 heterocycles. The van der Waals surface area contributed by atoms with Gasteiger partial charge in [0.2, 0.25) is 0 Å². The van der Waals surface area contributed by atoms with E-state index in [0.29, 0.717) is 22.5 Å². The van der Waals surface area contributed by atoms with Crippen LogP contribution >= 0.6 is 47.8 Å². The molecule has 0 saturated heterocycles. The average molecular weight is 625 g/mol. The maximum atomic E-state index is 13.9. The standard InChI is InChI=1S/C23H14Br3FN2O3/c24-16-5-6-20(31-12-13-3-1-2-4-19(13)27)15(8-16)11-28-29-23(30)21-9-14-7-17(25)10-18(26)22(14)32-21/h1-11H,12H2,(H,29,30)/b28-11-. The van der Waals surface area contributed by atoms with Crippen LogP contribution in [0.3, 0.4) is 0 Å². The Kier molecular flexibility index (Phi) is 7.07. The quantitative estimate of drug-likeness (QED) is 0.182. The van der Waals surface area contributed by atoms with Crippen LogP contribution < -0.4 is 10.2 Å². The number of benzene rings is 3. The lowest BCUT2D eigenvalue weighted by molar-refractivity contribution is 0.0929. The molecule has 0 spiro atoms. The van der Waals surface area contributed by atoms with Crippen molar-refractivity contribution in [3.63, 3.8) is 0 Å². The zero-order valence-electron chi connectivity index (χ0n) is 16.2. The third-order valence-electron chi connectivity index (χ3n) is 4.44. The molecule has 4 rings (SSSR count). The van der Waals surface area contributed by atoms with Crippen molar-refractivity contribution in [3.05, 3.63) is 96.8 Å². The smallest absolute Gasteiger partial charge is 0.307 e. The molecule has 0 radical (unpaired) electrons. The Morgan fingerprint density at radius 2 is 1.88 bits per heavy atom. The van der Waals surface area contributed by atoms with E-state index in [4.69, 9.17) is 9.15 Å². The van der Waals surface area contributed by atoms with Crippen LogP contribution in [0.4, 0.5) is 4.39 Å². The molecule has 0 aliphatic carbocycles. The molecular formula is C23H14Br3FN2O3. The molecule has 0 aliphatic heterocycles. The van der Waals surface area contributed by atoms with E-state index in [2.05, 4.69) is 58.3 Å². The lowest BCUT2D eigenvalue weighted by Crippen LogP contribution is -2.16. The molecule has 4 aromatic rings. The van der Waals surface area contributed by atoms with E-state index < -0.39 is 5.91 Å². The third kappa shape index (κ3) is 5.28. The molecule has 32 heavy (non-hydrogen) atoms. The number of hydrogen-bond acceptors (Lipinski definition) is 4. The molecule has 0 bridgehead atoms. The lowest BCUT2D eigenvalue weighted by Gasteiger charge is -2.10. The molecule has 3 aromatic carbocycles. The number of fused-ring (bicyclic) bond motifs is 1. The number of rotatable bonds is 6. The van der Waals surface area contributed by atoms with Gasteiger partial charge < -0.3 is 9.15 Å². The van der Waals surface area contributed by atoms with Gasteiger partial charge in [-0.2, -0.15) is 5.10 Å². The van der Waals surface area contributed by atoms with Crippen LogP contribution in [0.1, 0.15) is 21.7 Å². The molecule has 5 nitrogen and oxygen atoms in total. The van der Waals surface area contributed by atoms with Crippen LogP contribution in [-0.2, 0) is 6.61 Å². The fraction of sp³-hybridized carbons (Fsp3) is 0.0435. The largest absolute Gasteiger partial charge is 0.488 e. The molecule has 0 saturated carbocycles. The molecule has 1 N–H and O–H groups in total.